The minimum atomic E-state index is -0.276. The lowest BCUT2D eigenvalue weighted by atomic mass is 10.1. The number of nitrogens with one attached hydrogen (secondary N) is 2. The van der Waals surface area contributed by atoms with Crippen LogP contribution in [0.5, 0.6) is 0 Å². The molecule has 112 valence electrons. The van der Waals surface area contributed by atoms with Crippen LogP contribution in [-0.2, 0) is 17.9 Å². The largest absolute Gasteiger partial charge is 0.383 e. The molecule has 0 radical (unpaired) electrons. The molecule has 0 amide bonds. The van der Waals surface area contributed by atoms with Crippen LogP contribution in [0.1, 0.15) is 11.1 Å². The Labute approximate surface area is 127 Å². The molecule has 2 aromatic rings. The molecule has 21 heavy (non-hydrogen) atoms. The smallest absolute Gasteiger partial charge is 0.157 e. The number of hydrogen-bond acceptors (Lipinski definition) is 5. The average molecular weight is 311 g/mol. The highest BCUT2D eigenvalue weighted by Gasteiger charge is 2.08. The van der Waals surface area contributed by atoms with E-state index in [1.54, 1.807) is 19.2 Å². The molecule has 0 spiro atoms. The number of benzene rings is 1. The third kappa shape index (κ3) is 3.80. The number of nitrogens with zero attached hydrogens (tertiary/aromatic N) is 2. The van der Waals surface area contributed by atoms with E-state index in [0.717, 1.165) is 5.56 Å². The molecule has 1 aromatic carbocycles. The summed E-state index contributed by atoms with van der Waals surface area (Å²) in [6, 6.07) is 4.90. The summed E-state index contributed by atoms with van der Waals surface area (Å²) in [5.74, 6) is 0.316. The van der Waals surface area contributed by atoms with Crippen LogP contribution in [0.2, 0.25) is 5.15 Å². The van der Waals surface area contributed by atoms with Crippen LogP contribution >= 0.6 is 11.6 Å². The maximum absolute atomic E-state index is 13.5. The molecular weight excluding hydrogens is 295 g/mol. The van der Waals surface area contributed by atoms with Gasteiger partial charge in [0.15, 0.2) is 11.0 Å². The normalized spacial score (nSPS) is 10.5. The van der Waals surface area contributed by atoms with E-state index in [0.29, 0.717) is 28.8 Å². The van der Waals surface area contributed by atoms with Crippen LogP contribution in [0, 0.1) is 5.82 Å². The highest BCUT2D eigenvalue weighted by Crippen LogP contribution is 2.25. The fourth-order valence-electron chi connectivity index (χ4n) is 1.91. The summed E-state index contributed by atoms with van der Waals surface area (Å²) in [5.41, 5.74) is 2.06. The van der Waals surface area contributed by atoms with Crippen molar-refractivity contribution in [3.8, 4) is 0 Å². The van der Waals surface area contributed by atoms with Gasteiger partial charge in [-0.15, -0.1) is 0 Å². The van der Waals surface area contributed by atoms with Crippen molar-refractivity contribution in [3.63, 3.8) is 0 Å². The summed E-state index contributed by atoms with van der Waals surface area (Å²) < 4.78 is 18.5. The molecule has 0 aliphatic rings. The SMILES string of the molecule is CNc1c(Cl)ncnc1NCc1ccc(F)c(COC)c1. The Kier molecular flexibility index (Phi) is 5.30. The fourth-order valence-corrected chi connectivity index (χ4v) is 2.14. The summed E-state index contributed by atoms with van der Waals surface area (Å²) in [5, 5.41) is 6.43. The Hall–Kier alpha value is -1.92. The molecule has 0 unspecified atom stereocenters. The zero-order valence-corrected chi connectivity index (χ0v) is 12.5. The number of methoxy groups -OCH3 is 1. The van der Waals surface area contributed by atoms with Gasteiger partial charge in [0.2, 0.25) is 0 Å². The molecule has 0 bridgehead atoms. The Morgan fingerprint density at radius 3 is 2.86 bits per heavy atom. The van der Waals surface area contributed by atoms with Gasteiger partial charge in [-0.05, 0) is 17.7 Å². The quantitative estimate of drug-likeness (QED) is 0.803. The summed E-state index contributed by atoms with van der Waals surface area (Å²) in [4.78, 5) is 8.04. The van der Waals surface area contributed by atoms with Crippen molar-refractivity contribution in [2.75, 3.05) is 24.8 Å². The van der Waals surface area contributed by atoms with E-state index in [9.17, 15) is 4.39 Å². The lowest BCUT2D eigenvalue weighted by Crippen LogP contribution is -2.06. The summed E-state index contributed by atoms with van der Waals surface area (Å²) >= 11 is 5.98. The summed E-state index contributed by atoms with van der Waals surface area (Å²) in [6.07, 6.45) is 1.38. The number of halogens is 2. The molecule has 2 rings (SSSR count). The Balaban J connectivity index is 2.13. The van der Waals surface area contributed by atoms with Crippen molar-refractivity contribution < 1.29 is 9.13 Å². The number of ether oxygens (including phenoxy) is 1. The first kappa shape index (κ1) is 15.5. The predicted octanol–water partition coefficient (Wildman–Crippen LogP) is 3.07. The minimum Gasteiger partial charge on any atom is -0.383 e. The van der Waals surface area contributed by atoms with Gasteiger partial charge in [-0.1, -0.05) is 17.7 Å². The second-order valence-electron chi connectivity index (χ2n) is 4.35. The number of aromatic nitrogens is 2. The van der Waals surface area contributed by atoms with Gasteiger partial charge in [0.05, 0.1) is 6.61 Å². The second kappa shape index (κ2) is 7.19. The van der Waals surface area contributed by atoms with Gasteiger partial charge in [-0.2, -0.15) is 0 Å². The van der Waals surface area contributed by atoms with Crippen molar-refractivity contribution in [2.45, 2.75) is 13.2 Å². The molecule has 1 heterocycles. The molecule has 0 fully saturated rings. The van der Waals surface area contributed by atoms with Crippen molar-refractivity contribution in [3.05, 3.63) is 46.6 Å². The van der Waals surface area contributed by atoms with Crippen molar-refractivity contribution in [1.29, 1.82) is 0 Å². The number of rotatable bonds is 6. The van der Waals surface area contributed by atoms with Crippen molar-refractivity contribution in [1.82, 2.24) is 9.97 Å². The molecular formula is C14H16ClFN4O. The van der Waals surface area contributed by atoms with Crippen molar-refractivity contribution in [2.24, 2.45) is 0 Å². The molecule has 7 heteroatoms. The molecule has 0 atom stereocenters. The lowest BCUT2D eigenvalue weighted by Gasteiger charge is -2.12. The minimum absolute atomic E-state index is 0.237. The Morgan fingerprint density at radius 2 is 2.14 bits per heavy atom. The number of hydrogen-bond donors (Lipinski definition) is 2. The molecule has 0 saturated heterocycles. The third-order valence-electron chi connectivity index (χ3n) is 2.92. The fraction of sp³-hybridized carbons (Fsp3) is 0.286. The molecule has 5 nitrogen and oxygen atoms in total. The topological polar surface area (TPSA) is 59.1 Å². The van der Waals surface area contributed by atoms with E-state index in [1.165, 1.54) is 19.5 Å². The van der Waals surface area contributed by atoms with Gasteiger partial charge in [0.1, 0.15) is 17.8 Å². The van der Waals surface area contributed by atoms with Gasteiger partial charge in [0.25, 0.3) is 0 Å². The maximum atomic E-state index is 13.5. The molecule has 0 aliphatic heterocycles. The number of anilines is 2. The highest BCUT2D eigenvalue weighted by atomic mass is 35.5. The van der Waals surface area contributed by atoms with Crippen LogP contribution in [0.3, 0.4) is 0 Å². The van der Waals surface area contributed by atoms with Gasteiger partial charge in [0, 0.05) is 26.3 Å². The first-order valence-electron chi connectivity index (χ1n) is 6.34. The van der Waals surface area contributed by atoms with E-state index in [4.69, 9.17) is 16.3 Å². The Morgan fingerprint density at radius 1 is 1.33 bits per heavy atom. The zero-order chi connectivity index (χ0) is 15.2. The highest BCUT2D eigenvalue weighted by molar-refractivity contribution is 6.32. The summed E-state index contributed by atoms with van der Waals surface area (Å²) in [6.45, 7) is 0.722. The molecule has 0 saturated carbocycles. The van der Waals surface area contributed by atoms with Crippen LogP contribution in [0.15, 0.2) is 24.5 Å². The predicted molar refractivity (Wildman–Crippen MR) is 81.0 cm³/mol. The van der Waals surface area contributed by atoms with E-state index in [1.807, 2.05) is 0 Å². The first-order valence-corrected chi connectivity index (χ1v) is 6.72. The standard InChI is InChI=1S/C14H16ClFN4O/c1-17-12-13(15)19-8-20-14(12)18-6-9-3-4-11(16)10(5-9)7-21-2/h3-5,8,17H,6-7H2,1-2H3,(H,18,19,20). The van der Waals surface area contributed by atoms with Crippen LogP contribution < -0.4 is 10.6 Å². The Bertz CT molecular complexity index is 624. The zero-order valence-electron chi connectivity index (χ0n) is 11.8. The van der Waals surface area contributed by atoms with Crippen molar-refractivity contribution >= 4 is 23.1 Å². The van der Waals surface area contributed by atoms with Crippen LogP contribution in [-0.4, -0.2) is 24.1 Å². The second-order valence-corrected chi connectivity index (χ2v) is 4.71. The third-order valence-corrected chi connectivity index (χ3v) is 3.21. The molecule has 0 aliphatic carbocycles. The van der Waals surface area contributed by atoms with E-state index >= 15 is 0 Å². The van der Waals surface area contributed by atoms with Gasteiger partial charge >= 0.3 is 0 Å². The molecule has 2 N–H and O–H groups in total. The molecule has 1 aromatic heterocycles. The van der Waals surface area contributed by atoms with Crippen LogP contribution in [0.25, 0.3) is 0 Å². The average Bonchev–Trinajstić information content (AvgIpc) is 2.48. The van der Waals surface area contributed by atoms with E-state index in [2.05, 4.69) is 20.6 Å². The van der Waals surface area contributed by atoms with Gasteiger partial charge in [-0.3, -0.25) is 0 Å². The lowest BCUT2D eigenvalue weighted by molar-refractivity contribution is 0.181. The monoisotopic (exact) mass is 310 g/mol. The van der Waals surface area contributed by atoms with Crippen LogP contribution in [0.4, 0.5) is 15.9 Å². The first-order chi connectivity index (χ1) is 10.2. The van der Waals surface area contributed by atoms with Gasteiger partial charge in [-0.25, -0.2) is 14.4 Å². The van der Waals surface area contributed by atoms with E-state index in [-0.39, 0.29) is 12.4 Å². The van der Waals surface area contributed by atoms with Gasteiger partial charge < -0.3 is 15.4 Å². The summed E-state index contributed by atoms with van der Waals surface area (Å²) in [7, 11) is 3.27. The maximum Gasteiger partial charge on any atom is 0.157 e. The van der Waals surface area contributed by atoms with E-state index < -0.39 is 0 Å².